The number of likely N-dealkylation sites (tertiary alicyclic amines) is 1. The fourth-order valence-electron chi connectivity index (χ4n) is 3.50. The molecule has 2 aromatic carbocycles. The predicted octanol–water partition coefficient (Wildman–Crippen LogP) is 3.22. The van der Waals surface area contributed by atoms with Crippen molar-refractivity contribution in [2.24, 2.45) is 5.92 Å². The van der Waals surface area contributed by atoms with Gasteiger partial charge in [0.05, 0.1) is 20.1 Å². The van der Waals surface area contributed by atoms with E-state index >= 15 is 0 Å². The van der Waals surface area contributed by atoms with Gasteiger partial charge in [-0.2, -0.15) is 0 Å². The molecule has 4 nitrogen and oxygen atoms in total. The molecule has 1 fully saturated rings. The third kappa shape index (κ3) is 3.82. The van der Waals surface area contributed by atoms with Gasteiger partial charge in [-0.15, -0.1) is 0 Å². The van der Waals surface area contributed by atoms with Crippen LogP contribution in [0.3, 0.4) is 0 Å². The summed E-state index contributed by atoms with van der Waals surface area (Å²) in [6.07, 6.45) is 0. The lowest BCUT2D eigenvalue weighted by Gasteiger charge is -2.18. The molecule has 2 atom stereocenters. The number of benzene rings is 2. The molecule has 5 heteroatoms. The summed E-state index contributed by atoms with van der Waals surface area (Å²) in [6.45, 7) is 1.89. The van der Waals surface area contributed by atoms with Crippen LogP contribution in [-0.2, 0) is 16.1 Å². The molecule has 1 saturated heterocycles. The van der Waals surface area contributed by atoms with E-state index in [0.717, 1.165) is 6.54 Å². The Bertz CT molecular complexity index is 735. The van der Waals surface area contributed by atoms with E-state index in [0.29, 0.717) is 24.4 Å². The smallest absolute Gasteiger partial charge is 0.310 e. The normalized spacial score (nSPS) is 20.4. The Morgan fingerprint density at radius 2 is 1.92 bits per heavy atom. The summed E-state index contributed by atoms with van der Waals surface area (Å²) < 4.78 is 24.6. The van der Waals surface area contributed by atoms with Crippen LogP contribution in [0.4, 0.5) is 4.39 Å². The monoisotopic (exact) mass is 343 g/mol. The maximum Gasteiger partial charge on any atom is 0.310 e. The first-order valence-electron chi connectivity index (χ1n) is 8.30. The number of esters is 1. The molecule has 0 amide bonds. The van der Waals surface area contributed by atoms with Gasteiger partial charge < -0.3 is 9.47 Å². The van der Waals surface area contributed by atoms with Crippen molar-refractivity contribution >= 4 is 5.97 Å². The lowest BCUT2D eigenvalue weighted by atomic mass is 9.88. The van der Waals surface area contributed by atoms with Crippen molar-refractivity contribution in [3.05, 3.63) is 65.5 Å². The Labute approximate surface area is 147 Å². The fourth-order valence-corrected chi connectivity index (χ4v) is 3.50. The first kappa shape index (κ1) is 17.4. The van der Waals surface area contributed by atoms with E-state index in [1.54, 1.807) is 12.1 Å². The second-order valence-corrected chi connectivity index (χ2v) is 6.30. The van der Waals surface area contributed by atoms with Crippen molar-refractivity contribution in [3.8, 4) is 5.75 Å². The number of hydrogen-bond acceptors (Lipinski definition) is 4. The summed E-state index contributed by atoms with van der Waals surface area (Å²) in [5.41, 5.74) is 1.70. The van der Waals surface area contributed by atoms with E-state index in [9.17, 15) is 9.18 Å². The Balaban J connectivity index is 1.84. The summed E-state index contributed by atoms with van der Waals surface area (Å²) in [5.74, 6) is -0.788. The highest BCUT2D eigenvalue weighted by atomic mass is 19.1. The van der Waals surface area contributed by atoms with E-state index < -0.39 is 0 Å². The van der Waals surface area contributed by atoms with Crippen molar-refractivity contribution in [1.29, 1.82) is 0 Å². The van der Waals surface area contributed by atoms with Gasteiger partial charge in [-0.25, -0.2) is 4.39 Å². The number of ether oxygens (including phenoxy) is 2. The first-order chi connectivity index (χ1) is 12.1. The Morgan fingerprint density at radius 1 is 1.16 bits per heavy atom. The lowest BCUT2D eigenvalue weighted by Crippen LogP contribution is -2.24. The largest absolute Gasteiger partial charge is 0.497 e. The Kier molecular flexibility index (Phi) is 5.34. The number of carbonyl (C=O) groups is 1. The molecule has 3 rings (SSSR count). The molecule has 0 aliphatic carbocycles. The molecule has 2 unspecified atom stereocenters. The maximum atomic E-state index is 14.5. The van der Waals surface area contributed by atoms with Gasteiger partial charge in [0.15, 0.2) is 0 Å². The van der Waals surface area contributed by atoms with E-state index in [2.05, 4.69) is 17.0 Å². The zero-order valence-corrected chi connectivity index (χ0v) is 14.4. The van der Waals surface area contributed by atoms with Crippen molar-refractivity contribution in [1.82, 2.24) is 4.90 Å². The van der Waals surface area contributed by atoms with Crippen molar-refractivity contribution in [2.45, 2.75) is 12.5 Å². The molecule has 132 valence electrons. The number of halogens is 1. The number of methoxy groups -OCH3 is 2. The highest BCUT2D eigenvalue weighted by Gasteiger charge is 2.40. The summed E-state index contributed by atoms with van der Waals surface area (Å²) in [5, 5.41) is 0. The molecule has 1 aliphatic heterocycles. The molecule has 0 radical (unpaired) electrons. The van der Waals surface area contributed by atoms with Gasteiger partial charge in [-0.1, -0.05) is 36.4 Å². The zero-order chi connectivity index (χ0) is 17.8. The first-order valence-corrected chi connectivity index (χ1v) is 8.30. The average Bonchev–Trinajstić information content (AvgIpc) is 3.05. The SMILES string of the molecule is COC(=O)C1CN(Cc2ccccc2)CC1c1ccc(OC)cc1F. The van der Waals surface area contributed by atoms with Gasteiger partial charge >= 0.3 is 5.97 Å². The second-order valence-electron chi connectivity index (χ2n) is 6.30. The number of carbonyl (C=O) groups excluding carboxylic acids is 1. The van der Waals surface area contributed by atoms with Crippen LogP contribution in [0.1, 0.15) is 17.0 Å². The fraction of sp³-hybridized carbons (Fsp3) is 0.350. The minimum atomic E-state index is -0.378. The molecule has 0 saturated carbocycles. The molecule has 0 bridgehead atoms. The number of rotatable bonds is 5. The van der Waals surface area contributed by atoms with Gasteiger partial charge in [0, 0.05) is 31.6 Å². The summed E-state index contributed by atoms with van der Waals surface area (Å²) in [7, 11) is 2.88. The molecule has 0 N–H and O–H groups in total. The van der Waals surface area contributed by atoms with Crippen LogP contribution in [0, 0.1) is 11.7 Å². The molecule has 0 aromatic heterocycles. The van der Waals surface area contributed by atoms with Gasteiger partial charge in [0.1, 0.15) is 11.6 Å². The summed E-state index contributed by atoms with van der Waals surface area (Å²) in [4.78, 5) is 14.4. The highest BCUT2D eigenvalue weighted by Crippen LogP contribution is 2.36. The minimum Gasteiger partial charge on any atom is -0.497 e. The van der Waals surface area contributed by atoms with E-state index in [1.807, 2.05) is 18.2 Å². The second kappa shape index (κ2) is 7.66. The summed E-state index contributed by atoms with van der Waals surface area (Å²) in [6, 6.07) is 14.9. The van der Waals surface area contributed by atoms with Crippen LogP contribution < -0.4 is 4.74 Å². The van der Waals surface area contributed by atoms with Crippen LogP contribution in [0.2, 0.25) is 0 Å². The van der Waals surface area contributed by atoms with Crippen LogP contribution in [0.25, 0.3) is 0 Å². The van der Waals surface area contributed by atoms with Gasteiger partial charge in [0.2, 0.25) is 0 Å². The molecule has 25 heavy (non-hydrogen) atoms. The predicted molar refractivity (Wildman–Crippen MR) is 92.9 cm³/mol. The van der Waals surface area contributed by atoms with E-state index in [4.69, 9.17) is 9.47 Å². The standard InChI is InChI=1S/C20H22FNO3/c1-24-15-8-9-16(19(21)10-15)17-12-22(13-18(17)20(23)25-2)11-14-6-4-3-5-7-14/h3-10,17-18H,11-13H2,1-2H3. The van der Waals surface area contributed by atoms with Crippen molar-refractivity contribution in [3.63, 3.8) is 0 Å². The molecule has 1 aliphatic rings. The summed E-state index contributed by atoms with van der Waals surface area (Å²) >= 11 is 0. The zero-order valence-electron chi connectivity index (χ0n) is 14.4. The third-order valence-corrected chi connectivity index (χ3v) is 4.76. The number of hydrogen-bond donors (Lipinski definition) is 0. The topological polar surface area (TPSA) is 38.8 Å². The molecular weight excluding hydrogens is 321 g/mol. The average molecular weight is 343 g/mol. The van der Waals surface area contributed by atoms with Crippen molar-refractivity contribution in [2.75, 3.05) is 27.3 Å². The van der Waals surface area contributed by atoms with Crippen LogP contribution in [0.15, 0.2) is 48.5 Å². The van der Waals surface area contributed by atoms with Crippen molar-refractivity contribution < 1.29 is 18.7 Å². The highest BCUT2D eigenvalue weighted by molar-refractivity contribution is 5.74. The van der Waals surface area contributed by atoms with Crippen LogP contribution in [-0.4, -0.2) is 38.2 Å². The number of nitrogens with zero attached hydrogens (tertiary/aromatic N) is 1. The lowest BCUT2D eigenvalue weighted by molar-refractivity contribution is -0.145. The van der Waals surface area contributed by atoms with E-state index in [1.165, 1.54) is 25.8 Å². The van der Waals surface area contributed by atoms with Crippen LogP contribution >= 0.6 is 0 Å². The van der Waals surface area contributed by atoms with Gasteiger partial charge in [-0.05, 0) is 17.2 Å². The van der Waals surface area contributed by atoms with Gasteiger partial charge in [-0.3, -0.25) is 9.69 Å². The van der Waals surface area contributed by atoms with Crippen LogP contribution in [0.5, 0.6) is 5.75 Å². The molecular formula is C20H22FNO3. The van der Waals surface area contributed by atoms with E-state index in [-0.39, 0.29) is 23.6 Å². The molecule has 2 aromatic rings. The Hall–Kier alpha value is -2.40. The molecule has 0 spiro atoms. The molecule has 1 heterocycles. The maximum absolute atomic E-state index is 14.5. The Morgan fingerprint density at radius 3 is 2.56 bits per heavy atom. The minimum absolute atomic E-state index is 0.234. The van der Waals surface area contributed by atoms with Gasteiger partial charge in [0.25, 0.3) is 0 Å². The third-order valence-electron chi connectivity index (χ3n) is 4.76. The quantitative estimate of drug-likeness (QED) is 0.782.